The number of nitrogens with zero attached hydrogens (tertiary/aromatic N) is 2. The maximum Gasteiger partial charge on any atom is 0.418 e. The molecule has 2 N–H and O–H groups in total. The van der Waals surface area contributed by atoms with Crippen LogP contribution in [0.5, 0.6) is 0 Å². The van der Waals surface area contributed by atoms with Crippen molar-refractivity contribution in [2.75, 3.05) is 16.4 Å². The number of rotatable bonds is 7. The molecule has 0 fully saturated rings. The highest BCUT2D eigenvalue weighted by Gasteiger charge is 2.33. The first-order valence-electron chi connectivity index (χ1n) is 7.94. The van der Waals surface area contributed by atoms with Crippen molar-refractivity contribution in [1.29, 1.82) is 0 Å². The molecule has 0 radical (unpaired) electrons. The lowest BCUT2D eigenvalue weighted by Gasteiger charge is -2.13. The zero-order valence-corrected chi connectivity index (χ0v) is 16.1. The Morgan fingerprint density at radius 2 is 1.93 bits per heavy atom. The van der Waals surface area contributed by atoms with Crippen LogP contribution in [0.4, 0.5) is 24.0 Å². The van der Waals surface area contributed by atoms with Gasteiger partial charge in [-0.25, -0.2) is 0 Å². The summed E-state index contributed by atoms with van der Waals surface area (Å²) in [6, 6.07) is 4.76. The van der Waals surface area contributed by atoms with Crippen LogP contribution < -0.4 is 10.6 Å². The number of thioether (sulfide) groups is 1. The van der Waals surface area contributed by atoms with Gasteiger partial charge in [-0.3, -0.25) is 9.59 Å². The summed E-state index contributed by atoms with van der Waals surface area (Å²) in [7, 11) is 0. The monoisotopic (exact) mass is 418 g/mol. The molecule has 27 heavy (non-hydrogen) atoms. The van der Waals surface area contributed by atoms with E-state index < -0.39 is 17.6 Å². The van der Waals surface area contributed by atoms with Crippen LogP contribution in [0.3, 0.4) is 0 Å². The van der Waals surface area contributed by atoms with Crippen LogP contribution in [-0.2, 0) is 15.8 Å². The first-order valence-corrected chi connectivity index (χ1v) is 9.74. The van der Waals surface area contributed by atoms with E-state index in [0.717, 1.165) is 29.2 Å². The van der Waals surface area contributed by atoms with Crippen molar-refractivity contribution in [1.82, 2.24) is 10.2 Å². The van der Waals surface area contributed by atoms with E-state index in [1.54, 1.807) is 6.92 Å². The topological polar surface area (TPSA) is 84.0 Å². The number of hydrogen-bond donors (Lipinski definition) is 2. The maximum atomic E-state index is 12.9. The van der Waals surface area contributed by atoms with Gasteiger partial charge in [0, 0.05) is 5.92 Å². The van der Waals surface area contributed by atoms with Gasteiger partial charge in [0.25, 0.3) is 0 Å². The largest absolute Gasteiger partial charge is 0.418 e. The van der Waals surface area contributed by atoms with E-state index in [9.17, 15) is 22.8 Å². The number of halogens is 3. The summed E-state index contributed by atoms with van der Waals surface area (Å²) in [4.78, 5) is 23.8. The van der Waals surface area contributed by atoms with Crippen LogP contribution in [0, 0.1) is 5.92 Å². The van der Waals surface area contributed by atoms with Gasteiger partial charge in [0.05, 0.1) is 17.0 Å². The Hall–Kier alpha value is -2.14. The Labute approximate surface area is 161 Å². The lowest BCUT2D eigenvalue weighted by Crippen LogP contribution is -2.19. The van der Waals surface area contributed by atoms with Crippen LogP contribution in [0.25, 0.3) is 0 Å². The van der Waals surface area contributed by atoms with Crippen molar-refractivity contribution in [3.8, 4) is 0 Å². The Morgan fingerprint density at radius 1 is 1.22 bits per heavy atom. The third-order valence-corrected chi connectivity index (χ3v) is 5.50. The summed E-state index contributed by atoms with van der Waals surface area (Å²) in [5.41, 5.74) is -1.20. The summed E-state index contributed by atoms with van der Waals surface area (Å²) in [5.74, 6) is -1.08. The minimum absolute atomic E-state index is 0.139. The lowest BCUT2D eigenvalue weighted by molar-refractivity contribution is -0.137. The number of para-hydroxylation sites is 1. The van der Waals surface area contributed by atoms with Gasteiger partial charge in [-0.1, -0.05) is 49.1 Å². The second-order valence-corrected chi connectivity index (χ2v) is 7.75. The summed E-state index contributed by atoms with van der Waals surface area (Å²) >= 11 is 2.12. The van der Waals surface area contributed by atoms with Crippen LogP contribution >= 0.6 is 23.1 Å². The number of amides is 2. The molecule has 1 unspecified atom stereocenters. The Kier molecular flexibility index (Phi) is 7.19. The fraction of sp³-hybridized carbons (Fsp3) is 0.375. The van der Waals surface area contributed by atoms with Crippen LogP contribution in [0.15, 0.2) is 28.6 Å². The summed E-state index contributed by atoms with van der Waals surface area (Å²) in [6.45, 7) is 3.68. The molecule has 11 heteroatoms. The molecular weight excluding hydrogens is 401 g/mol. The normalized spacial score (nSPS) is 12.5. The first kappa shape index (κ1) is 21.2. The number of anilines is 2. The molecule has 0 aliphatic heterocycles. The van der Waals surface area contributed by atoms with Gasteiger partial charge in [0.15, 0.2) is 4.34 Å². The van der Waals surface area contributed by atoms with E-state index in [4.69, 9.17) is 0 Å². The number of alkyl halides is 3. The van der Waals surface area contributed by atoms with Crippen LogP contribution in [0.2, 0.25) is 0 Å². The molecule has 0 bridgehead atoms. The zero-order valence-electron chi connectivity index (χ0n) is 14.5. The Balaban J connectivity index is 1.91. The van der Waals surface area contributed by atoms with Gasteiger partial charge in [-0.15, -0.1) is 10.2 Å². The molecule has 0 saturated carbocycles. The average molecular weight is 418 g/mol. The number of carbonyl (C=O) groups is 2. The molecule has 0 aliphatic carbocycles. The summed E-state index contributed by atoms with van der Waals surface area (Å²) in [5, 5.41) is 12.9. The van der Waals surface area contributed by atoms with E-state index >= 15 is 0 Å². The quantitative estimate of drug-likeness (QED) is 0.518. The van der Waals surface area contributed by atoms with Crippen molar-refractivity contribution in [3.05, 3.63) is 29.8 Å². The molecule has 0 spiro atoms. The first-order chi connectivity index (χ1) is 12.7. The lowest BCUT2D eigenvalue weighted by atomic mass is 10.1. The second kappa shape index (κ2) is 9.18. The highest BCUT2D eigenvalue weighted by molar-refractivity contribution is 8.01. The average Bonchev–Trinajstić information content (AvgIpc) is 3.06. The van der Waals surface area contributed by atoms with Crippen molar-refractivity contribution in [2.24, 2.45) is 5.92 Å². The minimum atomic E-state index is -4.56. The van der Waals surface area contributed by atoms with Gasteiger partial charge in [0.1, 0.15) is 0 Å². The molecular formula is C16H17F3N4O2S2. The molecule has 2 amide bonds. The Morgan fingerprint density at radius 3 is 2.59 bits per heavy atom. The SMILES string of the molecule is CCC(C)C(=O)Nc1nnc(SCC(=O)Nc2ccccc2C(F)(F)F)s1. The maximum absolute atomic E-state index is 12.9. The van der Waals surface area contributed by atoms with Crippen molar-refractivity contribution in [3.63, 3.8) is 0 Å². The summed E-state index contributed by atoms with van der Waals surface area (Å²) in [6.07, 6.45) is -3.87. The van der Waals surface area contributed by atoms with Gasteiger partial charge in [-0.05, 0) is 18.6 Å². The fourth-order valence-corrected chi connectivity index (χ4v) is 3.44. The number of aromatic nitrogens is 2. The van der Waals surface area contributed by atoms with E-state index in [1.165, 1.54) is 18.2 Å². The third kappa shape index (κ3) is 6.21. The van der Waals surface area contributed by atoms with Crippen molar-refractivity contribution in [2.45, 2.75) is 30.8 Å². The molecule has 0 aliphatic rings. The molecule has 146 valence electrons. The predicted octanol–water partition coefficient (Wildman–Crippen LogP) is 4.27. The van der Waals surface area contributed by atoms with E-state index in [2.05, 4.69) is 20.8 Å². The number of carbonyl (C=O) groups excluding carboxylic acids is 2. The molecule has 6 nitrogen and oxygen atoms in total. The van der Waals surface area contributed by atoms with Gasteiger partial charge in [0.2, 0.25) is 16.9 Å². The highest BCUT2D eigenvalue weighted by Crippen LogP contribution is 2.34. The standard InChI is InChI=1S/C16H17F3N4O2S2/c1-3-9(2)13(25)21-14-22-23-15(27-14)26-8-12(24)20-11-7-5-4-6-10(11)16(17,18)19/h4-7,9H,3,8H2,1-2H3,(H,20,24)(H,21,22,25). The van der Waals surface area contributed by atoms with Gasteiger partial charge >= 0.3 is 6.18 Å². The molecule has 2 aromatic rings. The number of hydrogen-bond acceptors (Lipinski definition) is 6. The number of nitrogens with one attached hydrogen (secondary N) is 2. The molecule has 1 aromatic carbocycles. The van der Waals surface area contributed by atoms with Crippen molar-refractivity contribution < 1.29 is 22.8 Å². The fourth-order valence-electron chi connectivity index (χ4n) is 1.89. The molecule has 1 aromatic heterocycles. The van der Waals surface area contributed by atoms with Gasteiger partial charge in [-0.2, -0.15) is 13.2 Å². The van der Waals surface area contributed by atoms with Crippen LogP contribution in [-0.4, -0.2) is 27.8 Å². The summed E-state index contributed by atoms with van der Waals surface area (Å²) < 4.78 is 39.2. The second-order valence-electron chi connectivity index (χ2n) is 5.55. The molecule has 2 rings (SSSR count). The Bertz CT molecular complexity index is 811. The van der Waals surface area contributed by atoms with Gasteiger partial charge < -0.3 is 10.6 Å². The molecule has 0 saturated heterocycles. The van der Waals surface area contributed by atoms with E-state index in [1.807, 2.05) is 6.92 Å². The highest BCUT2D eigenvalue weighted by atomic mass is 32.2. The van der Waals surface area contributed by atoms with E-state index in [-0.39, 0.29) is 23.3 Å². The van der Waals surface area contributed by atoms with E-state index in [0.29, 0.717) is 15.9 Å². The molecule has 1 heterocycles. The third-order valence-electron chi connectivity index (χ3n) is 3.53. The minimum Gasteiger partial charge on any atom is -0.325 e. The van der Waals surface area contributed by atoms with Crippen LogP contribution in [0.1, 0.15) is 25.8 Å². The molecule has 1 atom stereocenters. The zero-order chi connectivity index (χ0) is 20.0. The number of benzene rings is 1. The van der Waals surface area contributed by atoms with Crippen molar-refractivity contribution >= 4 is 45.7 Å². The predicted molar refractivity (Wildman–Crippen MR) is 98.8 cm³/mol. The smallest absolute Gasteiger partial charge is 0.325 e.